The first kappa shape index (κ1) is 25.6. The minimum Gasteiger partial charge on any atom is -0.484 e. The minimum absolute atomic E-state index is 0.115. The second kappa shape index (κ2) is 9.72. The van der Waals surface area contributed by atoms with Crippen molar-refractivity contribution in [2.24, 2.45) is 11.7 Å². The van der Waals surface area contributed by atoms with Gasteiger partial charge in [0.05, 0.1) is 11.1 Å². The molecule has 1 heterocycles. The number of ether oxygens (including phenoxy) is 2. The largest absolute Gasteiger partial charge is 0.484 e. The van der Waals surface area contributed by atoms with Crippen LogP contribution in [-0.4, -0.2) is 35.4 Å². The summed E-state index contributed by atoms with van der Waals surface area (Å²) in [5.41, 5.74) is 5.91. The number of fused-ring (bicyclic) bond motifs is 1. The van der Waals surface area contributed by atoms with Gasteiger partial charge in [-0.25, -0.2) is 4.39 Å². The third-order valence-corrected chi connectivity index (χ3v) is 6.10. The van der Waals surface area contributed by atoms with E-state index in [-0.39, 0.29) is 22.3 Å². The number of benzene rings is 2. The van der Waals surface area contributed by atoms with Crippen molar-refractivity contribution in [2.45, 2.75) is 58.4 Å². The zero-order chi connectivity index (χ0) is 25.4. The standard InChI is InChI=1S/C25H28ClFN2O5/c1-12(2)20(28)24(32)33-22-21(29-23(31)15-6-8-18(27)17(26)11-15)16-10-14(13(3)30)7-9-19(16)34-25(22,4)5/h6-12,20-22H,28H2,1-5H3,(H,29,31)/t20-,21-,22-/m0/s1. The molecule has 0 saturated heterocycles. The van der Waals surface area contributed by atoms with E-state index in [9.17, 15) is 18.8 Å². The number of Topliss-reactive ketones (excluding diaryl/α,β-unsaturated/α-hetero) is 1. The Balaban J connectivity index is 2.07. The van der Waals surface area contributed by atoms with E-state index in [0.29, 0.717) is 16.9 Å². The summed E-state index contributed by atoms with van der Waals surface area (Å²) in [5.74, 6) is -1.80. The third-order valence-electron chi connectivity index (χ3n) is 5.81. The molecule has 0 saturated carbocycles. The number of nitrogens with one attached hydrogen (secondary N) is 1. The molecule has 0 radical (unpaired) electrons. The Morgan fingerprint density at radius 2 is 1.79 bits per heavy atom. The molecular formula is C25H28ClFN2O5. The van der Waals surface area contributed by atoms with Crippen LogP contribution in [-0.2, 0) is 9.53 Å². The number of ketones is 1. The molecule has 2 aromatic carbocycles. The fraction of sp³-hybridized carbons (Fsp3) is 0.400. The van der Waals surface area contributed by atoms with Crippen LogP contribution >= 0.6 is 11.6 Å². The van der Waals surface area contributed by atoms with Crippen LogP contribution in [0.4, 0.5) is 4.39 Å². The molecule has 1 amide bonds. The van der Waals surface area contributed by atoms with E-state index in [4.69, 9.17) is 26.8 Å². The van der Waals surface area contributed by atoms with Crippen LogP contribution in [0.25, 0.3) is 0 Å². The maximum Gasteiger partial charge on any atom is 0.323 e. The smallest absolute Gasteiger partial charge is 0.323 e. The first-order valence-electron chi connectivity index (χ1n) is 10.9. The zero-order valence-electron chi connectivity index (χ0n) is 19.6. The van der Waals surface area contributed by atoms with Gasteiger partial charge in [-0.05, 0) is 63.1 Å². The molecule has 2 aromatic rings. The molecule has 182 valence electrons. The minimum atomic E-state index is -1.06. The molecular weight excluding hydrogens is 463 g/mol. The maximum absolute atomic E-state index is 13.6. The van der Waals surface area contributed by atoms with E-state index < -0.39 is 41.5 Å². The van der Waals surface area contributed by atoms with Gasteiger partial charge in [-0.3, -0.25) is 14.4 Å². The van der Waals surface area contributed by atoms with Crippen molar-refractivity contribution in [1.29, 1.82) is 0 Å². The monoisotopic (exact) mass is 490 g/mol. The first-order valence-corrected chi connectivity index (χ1v) is 11.3. The lowest BCUT2D eigenvalue weighted by Gasteiger charge is -2.44. The second-order valence-electron chi connectivity index (χ2n) is 9.22. The van der Waals surface area contributed by atoms with E-state index in [1.54, 1.807) is 45.9 Å². The number of carbonyl (C=O) groups excluding carboxylic acids is 3. The van der Waals surface area contributed by atoms with Crippen LogP contribution in [0.15, 0.2) is 36.4 Å². The Hall–Kier alpha value is -2.97. The third kappa shape index (κ3) is 5.23. The molecule has 1 aliphatic rings. The van der Waals surface area contributed by atoms with Crippen molar-refractivity contribution in [2.75, 3.05) is 0 Å². The van der Waals surface area contributed by atoms with Crippen molar-refractivity contribution >= 4 is 29.3 Å². The van der Waals surface area contributed by atoms with Crippen LogP contribution in [0.3, 0.4) is 0 Å². The Morgan fingerprint density at radius 3 is 2.38 bits per heavy atom. The van der Waals surface area contributed by atoms with E-state index in [1.807, 2.05) is 0 Å². The van der Waals surface area contributed by atoms with Gasteiger partial charge in [0.2, 0.25) is 0 Å². The van der Waals surface area contributed by atoms with E-state index in [1.165, 1.54) is 19.1 Å². The SMILES string of the molecule is CC(=O)c1ccc2c(c1)[C@H](NC(=O)c1ccc(F)c(Cl)c1)[C@H](OC(=O)[C@@H](N)C(C)C)C(C)(C)O2. The number of nitrogens with two attached hydrogens (primary N) is 1. The first-order chi connectivity index (χ1) is 15.8. The van der Waals surface area contributed by atoms with Gasteiger partial charge >= 0.3 is 5.97 Å². The fourth-order valence-corrected chi connectivity index (χ4v) is 3.89. The average Bonchev–Trinajstić information content (AvgIpc) is 2.76. The van der Waals surface area contributed by atoms with Crippen LogP contribution in [0, 0.1) is 11.7 Å². The number of esters is 1. The summed E-state index contributed by atoms with van der Waals surface area (Å²) >= 11 is 5.85. The highest BCUT2D eigenvalue weighted by atomic mass is 35.5. The van der Waals surface area contributed by atoms with Gasteiger partial charge in [-0.2, -0.15) is 0 Å². The average molecular weight is 491 g/mol. The summed E-state index contributed by atoms with van der Waals surface area (Å²) in [6.45, 7) is 8.45. The molecule has 0 aromatic heterocycles. The van der Waals surface area contributed by atoms with Crippen molar-refractivity contribution in [3.8, 4) is 5.75 Å². The highest BCUT2D eigenvalue weighted by Crippen LogP contribution is 2.42. The van der Waals surface area contributed by atoms with Crippen molar-refractivity contribution in [3.05, 3.63) is 63.9 Å². The highest BCUT2D eigenvalue weighted by Gasteiger charge is 2.48. The lowest BCUT2D eigenvalue weighted by atomic mass is 9.85. The summed E-state index contributed by atoms with van der Waals surface area (Å²) in [7, 11) is 0. The Morgan fingerprint density at radius 1 is 1.15 bits per heavy atom. The molecule has 0 spiro atoms. The predicted molar refractivity (Wildman–Crippen MR) is 125 cm³/mol. The van der Waals surface area contributed by atoms with Crippen LogP contribution in [0.1, 0.15) is 66.9 Å². The maximum atomic E-state index is 13.6. The molecule has 1 aliphatic heterocycles. The molecule has 0 fully saturated rings. The number of rotatable bonds is 6. The zero-order valence-corrected chi connectivity index (χ0v) is 20.4. The molecule has 3 atom stereocenters. The molecule has 7 nitrogen and oxygen atoms in total. The Kier molecular flexibility index (Phi) is 7.33. The lowest BCUT2D eigenvalue weighted by molar-refractivity contribution is -0.168. The quantitative estimate of drug-likeness (QED) is 0.463. The van der Waals surface area contributed by atoms with E-state index in [2.05, 4.69) is 5.32 Å². The van der Waals surface area contributed by atoms with Gasteiger partial charge in [0.15, 0.2) is 11.9 Å². The fourth-order valence-electron chi connectivity index (χ4n) is 3.71. The Labute approximate surface area is 202 Å². The summed E-state index contributed by atoms with van der Waals surface area (Å²) < 4.78 is 25.5. The van der Waals surface area contributed by atoms with E-state index in [0.717, 1.165) is 6.07 Å². The van der Waals surface area contributed by atoms with Gasteiger partial charge < -0.3 is 20.5 Å². The molecule has 3 rings (SSSR count). The summed E-state index contributed by atoms with van der Waals surface area (Å²) in [6, 6.07) is 6.68. The predicted octanol–water partition coefficient (Wildman–Crippen LogP) is 4.22. The summed E-state index contributed by atoms with van der Waals surface area (Å²) in [6.07, 6.45) is -0.987. The topological polar surface area (TPSA) is 108 Å². The molecule has 0 aliphatic carbocycles. The normalized spacial score (nSPS) is 19.6. The second-order valence-corrected chi connectivity index (χ2v) is 9.63. The molecule has 34 heavy (non-hydrogen) atoms. The molecule has 0 unspecified atom stereocenters. The van der Waals surface area contributed by atoms with Gasteiger partial charge in [-0.15, -0.1) is 0 Å². The van der Waals surface area contributed by atoms with Crippen LogP contribution in [0.5, 0.6) is 5.75 Å². The van der Waals surface area contributed by atoms with Gasteiger partial charge in [-0.1, -0.05) is 25.4 Å². The number of carbonyl (C=O) groups is 3. The van der Waals surface area contributed by atoms with Gasteiger partial charge in [0, 0.05) is 16.7 Å². The highest BCUT2D eigenvalue weighted by molar-refractivity contribution is 6.31. The number of hydrogen-bond donors (Lipinski definition) is 2. The van der Waals surface area contributed by atoms with Gasteiger partial charge in [0.1, 0.15) is 23.2 Å². The van der Waals surface area contributed by atoms with Crippen molar-refractivity contribution < 1.29 is 28.2 Å². The lowest BCUT2D eigenvalue weighted by Crippen LogP contribution is -2.56. The molecule has 9 heteroatoms. The van der Waals surface area contributed by atoms with Crippen LogP contribution in [0.2, 0.25) is 5.02 Å². The van der Waals surface area contributed by atoms with Gasteiger partial charge in [0.25, 0.3) is 5.91 Å². The number of halogens is 2. The number of hydrogen-bond acceptors (Lipinski definition) is 6. The van der Waals surface area contributed by atoms with Crippen molar-refractivity contribution in [1.82, 2.24) is 5.32 Å². The molecule has 3 N–H and O–H groups in total. The number of amides is 1. The summed E-state index contributed by atoms with van der Waals surface area (Å²) in [5, 5.41) is 2.65. The molecule has 0 bridgehead atoms. The van der Waals surface area contributed by atoms with E-state index >= 15 is 0 Å². The van der Waals surface area contributed by atoms with Crippen molar-refractivity contribution in [3.63, 3.8) is 0 Å². The summed E-state index contributed by atoms with van der Waals surface area (Å²) in [4.78, 5) is 37.9. The van der Waals surface area contributed by atoms with Crippen LogP contribution < -0.4 is 15.8 Å². The Bertz CT molecular complexity index is 1130.